The van der Waals surface area contributed by atoms with Gasteiger partial charge in [0.05, 0.1) is 50.9 Å². The number of morpholine rings is 1. The zero-order valence-electron chi connectivity index (χ0n) is 20.5. The number of anilines is 3. The minimum absolute atomic E-state index is 0.137. The average molecular weight is 526 g/mol. The zero-order chi connectivity index (χ0) is 25.8. The standard InChI is InChI=1S/C24H27N7O5S/c1-34-20-13-19(27-23(28-20)35-2)31-8-7-17-18(14-31)37-24(26-17)29-22(33)25-16-6-4-3-5-15(16)21(32)30-9-11-36-12-10-30/h3-6,13H,7-12,14H2,1-2H3,(H2,25,26,29,33). The van der Waals surface area contributed by atoms with Crippen molar-refractivity contribution in [2.24, 2.45) is 0 Å². The van der Waals surface area contributed by atoms with Gasteiger partial charge in [-0.2, -0.15) is 9.97 Å². The van der Waals surface area contributed by atoms with Crippen molar-refractivity contribution in [3.63, 3.8) is 0 Å². The number of para-hydroxylation sites is 1. The molecule has 1 saturated heterocycles. The number of carbonyl (C=O) groups is 2. The van der Waals surface area contributed by atoms with Crippen molar-refractivity contribution in [2.45, 2.75) is 13.0 Å². The molecule has 1 fully saturated rings. The van der Waals surface area contributed by atoms with Gasteiger partial charge in [0, 0.05) is 37.0 Å². The number of benzene rings is 1. The average Bonchev–Trinajstić information content (AvgIpc) is 3.34. The fourth-order valence-corrected chi connectivity index (χ4v) is 5.18. The third-order valence-electron chi connectivity index (χ3n) is 6.04. The van der Waals surface area contributed by atoms with Crippen LogP contribution in [0.5, 0.6) is 11.9 Å². The van der Waals surface area contributed by atoms with Crippen LogP contribution >= 0.6 is 11.3 Å². The Bertz CT molecular complexity index is 1270. The van der Waals surface area contributed by atoms with Gasteiger partial charge in [-0.1, -0.05) is 23.5 Å². The largest absolute Gasteiger partial charge is 0.481 e. The molecule has 2 aliphatic heterocycles. The molecular formula is C24H27N7O5S. The van der Waals surface area contributed by atoms with E-state index in [4.69, 9.17) is 14.2 Å². The van der Waals surface area contributed by atoms with Gasteiger partial charge in [-0.15, -0.1) is 0 Å². The molecule has 0 aliphatic carbocycles. The summed E-state index contributed by atoms with van der Waals surface area (Å²) in [5.74, 6) is 0.974. The lowest BCUT2D eigenvalue weighted by Gasteiger charge is -2.27. The molecule has 1 aromatic carbocycles. The highest BCUT2D eigenvalue weighted by molar-refractivity contribution is 7.15. The lowest BCUT2D eigenvalue weighted by Crippen LogP contribution is -2.41. The highest BCUT2D eigenvalue weighted by Crippen LogP contribution is 2.32. The molecule has 2 aromatic heterocycles. The Morgan fingerprint density at radius 2 is 1.84 bits per heavy atom. The Kier molecular flexibility index (Phi) is 7.32. The molecule has 0 radical (unpaired) electrons. The van der Waals surface area contributed by atoms with Crippen molar-refractivity contribution in [1.82, 2.24) is 19.9 Å². The number of thiazole rings is 1. The lowest BCUT2D eigenvalue weighted by molar-refractivity contribution is 0.0303. The number of fused-ring (bicyclic) bond motifs is 1. The molecular weight excluding hydrogens is 498 g/mol. The van der Waals surface area contributed by atoms with Crippen molar-refractivity contribution in [3.05, 3.63) is 46.5 Å². The van der Waals surface area contributed by atoms with Crippen LogP contribution in [0.15, 0.2) is 30.3 Å². The molecule has 4 heterocycles. The van der Waals surface area contributed by atoms with Crippen molar-refractivity contribution in [2.75, 3.05) is 62.6 Å². The number of nitrogens with one attached hydrogen (secondary N) is 2. The summed E-state index contributed by atoms with van der Waals surface area (Å²) < 4.78 is 15.8. The van der Waals surface area contributed by atoms with Crippen LogP contribution in [-0.4, -0.2) is 78.9 Å². The van der Waals surface area contributed by atoms with E-state index in [0.717, 1.165) is 10.6 Å². The number of rotatable bonds is 6. The van der Waals surface area contributed by atoms with E-state index >= 15 is 0 Å². The molecule has 0 saturated carbocycles. The number of carbonyl (C=O) groups excluding carboxylic acids is 2. The molecule has 2 aliphatic rings. The van der Waals surface area contributed by atoms with Crippen molar-refractivity contribution >= 4 is 39.9 Å². The fraction of sp³-hybridized carbons (Fsp3) is 0.375. The number of hydrogen-bond acceptors (Lipinski definition) is 10. The first-order chi connectivity index (χ1) is 18.0. The summed E-state index contributed by atoms with van der Waals surface area (Å²) >= 11 is 1.41. The summed E-state index contributed by atoms with van der Waals surface area (Å²) in [4.78, 5) is 43.8. The third-order valence-corrected chi connectivity index (χ3v) is 7.04. The Balaban J connectivity index is 1.25. The van der Waals surface area contributed by atoms with Crippen LogP contribution in [0.25, 0.3) is 0 Å². The fourth-order valence-electron chi connectivity index (χ4n) is 4.16. The molecule has 5 rings (SSSR count). The smallest absolute Gasteiger partial charge is 0.325 e. The number of methoxy groups -OCH3 is 2. The molecule has 194 valence electrons. The van der Waals surface area contributed by atoms with E-state index in [2.05, 4.69) is 30.5 Å². The van der Waals surface area contributed by atoms with Gasteiger partial charge < -0.3 is 29.3 Å². The number of amides is 3. The molecule has 3 amide bonds. The summed E-state index contributed by atoms with van der Waals surface area (Å²) in [5, 5.41) is 6.10. The molecule has 3 aromatic rings. The summed E-state index contributed by atoms with van der Waals surface area (Å²) in [6, 6.07) is 8.51. The van der Waals surface area contributed by atoms with Crippen LogP contribution in [-0.2, 0) is 17.7 Å². The topological polar surface area (TPSA) is 131 Å². The minimum Gasteiger partial charge on any atom is -0.481 e. The second-order valence-electron chi connectivity index (χ2n) is 8.34. The maximum atomic E-state index is 13.0. The van der Waals surface area contributed by atoms with E-state index in [9.17, 15) is 9.59 Å². The number of aromatic nitrogens is 3. The molecule has 0 spiro atoms. The first-order valence-electron chi connectivity index (χ1n) is 11.8. The Morgan fingerprint density at radius 1 is 1.03 bits per heavy atom. The molecule has 12 nitrogen and oxygen atoms in total. The molecule has 13 heteroatoms. The van der Waals surface area contributed by atoms with Gasteiger partial charge in [0.1, 0.15) is 5.82 Å². The SMILES string of the molecule is COc1cc(N2CCc3nc(NC(=O)Nc4ccccc4C(=O)N4CCOCC4)sc3C2)nc(OC)n1. The van der Waals surface area contributed by atoms with Crippen molar-refractivity contribution in [3.8, 4) is 11.9 Å². The Labute approximate surface area is 217 Å². The summed E-state index contributed by atoms with van der Waals surface area (Å²) in [7, 11) is 3.05. The number of urea groups is 1. The van der Waals surface area contributed by atoms with E-state index in [1.54, 1.807) is 42.3 Å². The summed E-state index contributed by atoms with van der Waals surface area (Å²) in [6.45, 7) is 3.34. The molecule has 2 N–H and O–H groups in total. The van der Waals surface area contributed by atoms with E-state index in [-0.39, 0.29) is 11.9 Å². The molecule has 37 heavy (non-hydrogen) atoms. The minimum atomic E-state index is -0.463. The normalized spacial score (nSPS) is 15.1. The van der Waals surface area contributed by atoms with Gasteiger partial charge in [0.15, 0.2) is 5.13 Å². The highest BCUT2D eigenvalue weighted by Gasteiger charge is 2.25. The van der Waals surface area contributed by atoms with Crippen LogP contribution in [0.4, 0.5) is 21.4 Å². The van der Waals surface area contributed by atoms with Crippen LogP contribution in [0.3, 0.4) is 0 Å². The number of ether oxygens (including phenoxy) is 3. The van der Waals surface area contributed by atoms with Gasteiger partial charge >= 0.3 is 12.0 Å². The Morgan fingerprint density at radius 3 is 2.62 bits per heavy atom. The first-order valence-corrected chi connectivity index (χ1v) is 12.6. The first kappa shape index (κ1) is 24.7. The summed E-state index contributed by atoms with van der Waals surface area (Å²) in [6.07, 6.45) is 0.695. The lowest BCUT2D eigenvalue weighted by atomic mass is 10.1. The van der Waals surface area contributed by atoms with E-state index in [1.165, 1.54) is 18.4 Å². The van der Waals surface area contributed by atoms with Crippen molar-refractivity contribution in [1.29, 1.82) is 0 Å². The maximum Gasteiger partial charge on any atom is 0.325 e. The quantitative estimate of drug-likeness (QED) is 0.499. The van der Waals surface area contributed by atoms with Gasteiger partial charge in [0.2, 0.25) is 5.88 Å². The molecule has 0 unspecified atom stereocenters. The number of hydrogen-bond donors (Lipinski definition) is 2. The van der Waals surface area contributed by atoms with Crippen molar-refractivity contribution < 1.29 is 23.8 Å². The van der Waals surface area contributed by atoms with Gasteiger partial charge in [0.25, 0.3) is 5.91 Å². The molecule has 0 bridgehead atoms. The van der Waals surface area contributed by atoms with Crippen LogP contribution in [0.2, 0.25) is 0 Å². The highest BCUT2D eigenvalue weighted by atomic mass is 32.1. The number of nitrogens with zero attached hydrogens (tertiary/aromatic N) is 5. The summed E-state index contributed by atoms with van der Waals surface area (Å²) in [5.41, 5.74) is 1.81. The van der Waals surface area contributed by atoms with Crippen LogP contribution in [0, 0.1) is 0 Å². The van der Waals surface area contributed by atoms with Crippen LogP contribution < -0.4 is 25.0 Å². The Hall–Kier alpha value is -3.97. The predicted octanol–water partition coefficient (Wildman–Crippen LogP) is 2.63. The van der Waals surface area contributed by atoms with E-state index in [0.29, 0.717) is 73.9 Å². The van der Waals surface area contributed by atoms with E-state index in [1.807, 2.05) is 0 Å². The second-order valence-corrected chi connectivity index (χ2v) is 9.43. The second kappa shape index (κ2) is 11.0. The zero-order valence-corrected chi connectivity index (χ0v) is 21.3. The van der Waals surface area contributed by atoms with Crippen LogP contribution in [0.1, 0.15) is 20.9 Å². The monoisotopic (exact) mass is 525 g/mol. The van der Waals surface area contributed by atoms with E-state index < -0.39 is 6.03 Å². The maximum absolute atomic E-state index is 13.0. The van der Waals surface area contributed by atoms with Gasteiger partial charge in [-0.05, 0) is 12.1 Å². The third kappa shape index (κ3) is 5.57. The predicted molar refractivity (Wildman–Crippen MR) is 138 cm³/mol. The van der Waals surface area contributed by atoms with Gasteiger partial charge in [-0.3, -0.25) is 10.1 Å². The molecule has 0 atom stereocenters. The van der Waals surface area contributed by atoms with Gasteiger partial charge in [-0.25, -0.2) is 9.78 Å².